The van der Waals surface area contributed by atoms with Gasteiger partial charge in [-0.25, -0.2) is 0 Å². The summed E-state index contributed by atoms with van der Waals surface area (Å²) in [7, 11) is -1.51. The van der Waals surface area contributed by atoms with Crippen LogP contribution in [0, 0.1) is 6.92 Å². The molecule has 1 saturated carbocycles. The second-order valence-corrected chi connectivity index (χ2v) is 12.1. The summed E-state index contributed by atoms with van der Waals surface area (Å²) in [5.74, 6) is 0.462. The molecule has 0 atom stereocenters. The molecule has 110 valence electrons. The monoisotopic (exact) mass is 289 g/mol. The first-order valence-electron chi connectivity index (χ1n) is 7.76. The van der Waals surface area contributed by atoms with Gasteiger partial charge < -0.3 is 5.11 Å². The number of aromatic hydroxyl groups is 1. The van der Waals surface area contributed by atoms with Crippen LogP contribution >= 0.6 is 0 Å². The Morgan fingerprint density at radius 3 is 2.40 bits per heavy atom. The van der Waals surface area contributed by atoms with Crippen molar-refractivity contribution < 1.29 is 5.11 Å². The maximum Gasteiger partial charge on any atom is 0.123 e. The standard InChI is InChI=1S/C17H27NOSi/c1-13-10-11-16(20(2,3)4)17(19)15(13)12-18-14-8-6-5-7-9-14/h10-12,14,19H,5-9H2,1-4H3. The number of aryl methyl sites for hydroxylation is 1. The second kappa shape index (κ2) is 6.13. The van der Waals surface area contributed by atoms with Gasteiger partial charge in [-0.1, -0.05) is 51.0 Å². The van der Waals surface area contributed by atoms with E-state index in [2.05, 4.69) is 38.7 Å². The highest BCUT2D eigenvalue weighted by molar-refractivity contribution is 6.89. The normalized spacial score (nSPS) is 17.8. The average Bonchev–Trinajstić information content (AvgIpc) is 2.38. The van der Waals surface area contributed by atoms with Crippen molar-refractivity contribution in [1.82, 2.24) is 0 Å². The number of phenolic OH excluding ortho intramolecular Hbond substituents is 1. The molecule has 20 heavy (non-hydrogen) atoms. The molecule has 1 aliphatic carbocycles. The van der Waals surface area contributed by atoms with Crippen LogP contribution in [0.15, 0.2) is 17.1 Å². The van der Waals surface area contributed by atoms with Gasteiger partial charge in [-0.2, -0.15) is 0 Å². The predicted molar refractivity (Wildman–Crippen MR) is 90.3 cm³/mol. The summed E-state index contributed by atoms with van der Waals surface area (Å²) in [5.41, 5.74) is 2.04. The van der Waals surface area contributed by atoms with Gasteiger partial charge in [0.05, 0.1) is 8.07 Å². The fourth-order valence-electron chi connectivity index (χ4n) is 2.89. The number of benzene rings is 1. The highest BCUT2D eigenvalue weighted by atomic mass is 28.3. The highest BCUT2D eigenvalue weighted by Crippen LogP contribution is 2.23. The van der Waals surface area contributed by atoms with Gasteiger partial charge in [0.1, 0.15) is 5.75 Å². The van der Waals surface area contributed by atoms with Crippen LogP contribution in [0.5, 0.6) is 5.75 Å². The van der Waals surface area contributed by atoms with Gasteiger partial charge in [0.25, 0.3) is 0 Å². The third-order valence-electron chi connectivity index (χ3n) is 4.23. The molecule has 1 aromatic rings. The van der Waals surface area contributed by atoms with Crippen LogP contribution in [0.4, 0.5) is 0 Å². The summed E-state index contributed by atoms with van der Waals surface area (Å²) in [6.45, 7) is 8.84. The van der Waals surface area contributed by atoms with Gasteiger partial charge in [0, 0.05) is 17.8 Å². The van der Waals surface area contributed by atoms with Crippen LogP contribution in [0.2, 0.25) is 19.6 Å². The molecule has 0 amide bonds. The molecular weight excluding hydrogens is 262 g/mol. The fraction of sp³-hybridized carbons (Fsp3) is 0.588. The maximum absolute atomic E-state index is 10.6. The minimum atomic E-state index is -1.51. The van der Waals surface area contributed by atoms with Crippen LogP contribution in [0.3, 0.4) is 0 Å². The zero-order valence-electron chi connectivity index (χ0n) is 13.2. The van der Waals surface area contributed by atoms with Gasteiger partial charge in [-0.15, -0.1) is 0 Å². The van der Waals surface area contributed by atoms with Gasteiger partial charge >= 0.3 is 0 Å². The third kappa shape index (κ3) is 3.51. The smallest absolute Gasteiger partial charge is 0.123 e. The van der Waals surface area contributed by atoms with Crippen LogP contribution in [-0.2, 0) is 0 Å². The number of hydrogen-bond acceptors (Lipinski definition) is 2. The molecule has 1 N–H and O–H groups in total. The predicted octanol–water partition coefficient (Wildman–Crippen LogP) is 4.00. The molecule has 1 aliphatic rings. The van der Waals surface area contributed by atoms with Crippen molar-refractivity contribution in [3.05, 3.63) is 23.3 Å². The summed E-state index contributed by atoms with van der Waals surface area (Å²) >= 11 is 0. The first kappa shape index (κ1) is 15.3. The molecular formula is C17H27NOSi. The number of aliphatic imine (C=N–C) groups is 1. The van der Waals surface area contributed by atoms with Crippen molar-refractivity contribution in [2.45, 2.75) is 64.7 Å². The second-order valence-electron chi connectivity index (χ2n) is 7.01. The zero-order valence-corrected chi connectivity index (χ0v) is 14.2. The fourth-order valence-corrected chi connectivity index (χ4v) is 4.32. The molecule has 0 bridgehead atoms. The Labute approximate surface area is 124 Å². The van der Waals surface area contributed by atoms with Gasteiger partial charge in [-0.3, -0.25) is 4.99 Å². The van der Waals surface area contributed by atoms with E-state index in [1.165, 1.54) is 32.1 Å². The molecule has 0 aliphatic heterocycles. The zero-order chi connectivity index (χ0) is 14.8. The number of rotatable bonds is 3. The first-order valence-corrected chi connectivity index (χ1v) is 11.3. The summed E-state index contributed by atoms with van der Waals surface area (Å²) in [5, 5.41) is 11.7. The van der Waals surface area contributed by atoms with E-state index in [1.54, 1.807) is 0 Å². The van der Waals surface area contributed by atoms with E-state index >= 15 is 0 Å². The lowest BCUT2D eigenvalue weighted by Crippen LogP contribution is -2.38. The van der Waals surface area contributed by atoms with E-state index in [4.69, 9.17) is 4.99 Å². The Kier molecular flexibility index (Phi) is 4.69. The van der Waals surface area contributed by atoms with Crippen molar-refractivity contribution in [3.8, 4) is 5.75 Å². The summed E-state index contributed by atoms with van der Waals surface area (Å²) in [6, 6.07) is 4.67. The topological polar surface area (TPSA) is 32.6 Å². The van der Waals surface area contributed by atoms with Crippen molar-refractivity contribution in [3.63, 3.8) is 0 Å². The molecule has 0 aromatic heterocycles. The van der Waals surface area contributed by atoms with Crippen molar-refractivity contribution >= 4 is 19.5 Å². The molecule has 1 fully saturated rings. The molecule has 0 spiro atoms. The minimum Gasteiger partial charge on any atom is -0.507 e. The number of hydrogen-bond donors (Lipinski definition) is 1. The molecule has 0 radical (unpaired) electrons. The lowest BCUT2D eigenvalue weighted by molar-refractivity contribution is 0.444. The molecule has 0 heterocycles. The lowest BCUT2D eigenvalue weighted by Gasteiger charge is -2.21. The van der Waals surface area contributed by atoms with E-state index in [-0.39, 0.29) is 0 Å². The van der Waals surface area contributed by atoms with Crippen molar-refractivity contribution in [2.75, 3.05) is 0 Å². The van der Waals surface area contributed by atoms with Crippen LogP contribution in [0.1, 0.15) is 43.2 Å². The lowest BCUT2D eigenvalue weighted by atomic mass is 9.96. The Morgan fingerprint density at radius 1 is 1.15 bits per heavy atom. The molecule has 0 saturated heterocycles. The quantitative estimate of drug-likeness (QED) is 0.662. The maximum atomic E-state index is 10.6. The Hall–Kier alpha value is -1.09. The van der Waals surface area contributed by atoms with E-state index in [1.807, 2.05) is 6.21 Å². The molecule has 0 unspecified atom stereocenters. The van der Waals surface area contributed by atoms with Crippen LogP contribution < -0.4 is 5.19 Å². The van der Waals surface area contributed by atoms with Crippen LogP contribution in [-0.4, -0.2) is 25.4 Å². The third-order valence-corrected chi connectivity index (χ3v) is 6.25. The largest absolute Gasteiger partial charge is 0.507 e. The van der Waals surface area contributed by atoms with Crippen molar-refractivity contribution in [2.24, 2.45) is 4.99 Å². The Bertz CT molecular complexity index is 496. The summed E-state index contributed by atoms with van der Waals surface area (Å²) in [4.78, 5) is 4.73. The average molecular weight is 289 g/mol. The van der Waals surface area contributed by atoms with Gasteiger partial charge in [0.2, 0.25) is 0 Å². The number of phenols is 1. The Morgan fingerprint density at radius 2 is 1.80 bits per heavy atom. The molecule has 3 heteroatoms. The minimum absolute atomic E-state index is 0.457. The SMILES string of the molecule is Cc1ccc([Si](C)(C)C)c(O)c1C=NC1CCCCC1. The summed E-state index contributed by atoms with van der Waals surface area (Å²) < 4.78 is 0. The van der Waals surface area contributed by atoms with E-state index in [9.17, 15) is 5.11 Å². The van der Waals surface area contributed by atoms with Gasteiger partial charge in [-0.05, 0) is 30.5 Å². The highest BCUT2D eigenvalue weighted by Gasteiger charge is 2.22. The molecule has 2 rings (SSSR count). The van der Waals surface area contributed by atoms with Crippen LogP contribution in [0.25, 0.3) is 0 Å². The summed E-state index contributed by atoms with van der Waals surface area (Å²) in [6.07, 6.45) is 8.25. The Balaban J connectivity index is 2.28. The molecule has 1 aromatic carbocycles. The van der Waals surface area contributed by atoms with E-state index < -0.39 is 8.07 Å². The van der Waals surface area contributed by atoms with Crippen molar-refractivity contribution in [1.29, 1.82) is 0 Å². The van der Waals surface area contributed by atoms with E-state index in [0.29, 0.717) is 11.8 Å². The first-order chi connectivity index (χ1) is 9.39. The van der Waals surface area contributed by atoms with E-state index in [0.717, 1.165) is 16.3 Å². The number of nitrogens with zero attached hydrogens (tertiary/aromatic N) is 1. The molecule has 2 nitrogen and oxygen atoms in total. The van der Waals surface area contributed by atoms with Gasteiger partial charge in [0.15, 0.2) is 0 Å².